The Bertz CT molecular complexity index is 353. The molecule has 0 aromatic heterocycles. The Morgan fingerprint density at radius 3 is 2.88 bits per heavy atom. The third-order valence-electron chi connectivity index (χ3n) is 2.72. The minimum absolute atomic E-state index is 0.0785. The molecule has 0 bridgehead atoms. The molecule has 17 heavy (non-hydrogen) atoms. The summed E-state index contributed by atoms with van der Waals surface area (Å²) < 4.78 is 22.9. The van der Waals surface area contributed by atoms with Crippen LogP contribution >= 0.6 is 0 Å². The molecule has 1 fully saturated rings. The van der Waals surface area contributed by atoms with Crippen molar-refractivity contribution in [3.8, 4) is 0 Å². The van der Waals surface area contributed by atoms with Gasteiger partial charge in [-0.15, -0.1) is 0 Å². The highest BCUT2D eigenvalue weighted by Gasteiger charge is 2.25. The maximum Gasteiger partial charge on any atom is 0.205 e. The van der Waals surface area contributed by atoms with Crippen LogP contribution in [-0.4, -0.2) is 38.5 Å². The molecule has 7 heteroatoms. The van der Waals surface area contributed by atoms with Gasteiger partial charge in [-0.2, -0.15) is 0 Å². The topological polar surface area (TPSA) is 96.6 Å². The summed E-state index contributed by atoms with van der Waals surface area (Å²) in [6, 6.07) is -0.0785. The highest BCUT2D eigenvalue weighted by atomic mass is 32.2. The van der Waals surface area contributed by atoms with Gasteiger partial charge in [0.2, 0.25) is 5.96 Å². The molecule has 0 aromatic carbocycles. The number of nitrogens with two attached hydrogens (primary N) is 1. The van der Waals surface area contributed by atoms with Gasteiger partial charge in [-0.3, -0.25) is 10.4 Å². The molecule has 1 aliphatic rings. The first kappa shape index (κ1) is 14.2. The molecule has 0 spiro atoms. The summed E-state index contributed by atoms with van der Waals surface area (Å²) in [7, 11) is -2.90. The lowest BCUT2D eigenvalue weighted by molar-refractivity contribution is 0.526. The smallest absolute Gasteiger partial charge is 0.205 e. The van der Waals surface area contributed by atoms with E-state index in [1.54, 1.807) is 0 Å². The third-order valence-corrected chi connectivity index (χ3v) is 4.54. The summed E-state index contributed by atoms with van der Waals surface area (Å²) >= 11 is 0. The van der Waals surface area contributed by atoms with Crippen LogP contribution in [0.2, 0.25) is 0 Å². The van der Waals surface area contributed by atoms with Gasteiger partial charge in [0.25, 0.3) is 0 Å². The lowest BCUT2D eigenvalue weighted by Gasteiger charge is -2.24. The number of hydrogen-bond donors (Lipinski definition) is 3. The largest absolute Gasteiger partial charge is 0.352 e. The van der Waals surface area contributed by atoms with Gasteiger partial charge >= 0.3 is 0 Å². The summed E-state index contributed by atoms with van der Waals surface area (Å²) in [5, 5.41) is 3.05. The van der Waals surface area contributed by atoms with Crippen LogP contribution < -0.4 is 16.6 Å². The Morgan fingerprint density at radius 2 is 2.29 bits per heavy atom. The molecule has 1 unspecified atom stereocenters. The van der Waals surface area contributed by atoms with E-state index in [9.17, 15) is 8.42 Å². The van der Waals surface area contributed by atoms with Gasteiger partial charge < -0.3 is 5.32 Å². The van der Waals surface area contributed by atoms with Crippen molar-refractivity contribution in [2.75, 3.05) is 18.1 Å². The number of hydrogen-bond acceptors (Lipinski definition) is 4. The Morgan fingerprint density at radius 1 is 1.53 bits per heavy atom. The van der Waals surface area contributed by atoms with Crippen LogP contribution in [0.4, 0.5) is 0 Å². The van der Waals surface area contributed by atoms with Crippen LogP contribution in [0.5, 0.6) is 0 Å². The van der Waals surface area contributed by atoms with E-state index in [0.717, 1.165) is 19.3 Å². The van der Waals surface area contributed by atoms with Crippen molar-refractivity contribution in [1.82, 2.24) is 10.7 Å². The molecule has 0 radical (unpaired) electrons. The van der Waals surface area contributed by atoms with Crippen molar-refractivity contribution in [1.29, 1.82) is 0 Å². The Balaban J connectivity index is 2.47. The van der Waals surface area contributed by atoms with E-state index in [1.807, 2.05) is 0 Å². The second kappa shape index (κ2) is 6.80. The number of nitrogens with one attached hydrogen (secondary N) is 2. The number of unbranched alkanes of at least 4 members (excludes halogenated alkanes) is 1. The minimum atomic E-state index is -2.90. The predicted molar refractivity (Wildman–Crippen MR) is 69.3 cm³/mol. The van der Waals surface area contributed by atoms with Gasteiger partial charge in [0, 0.05) is 12.6 Å². The zero-order valence-electron chi connectivity index (χ0n) is 10.3. The first-order chi connectivity index (χ1) is 8.07. The molecule has 1 heterocycles. The van der Waals surface area contributed by atoms with E-state index < -0.39 is 9.84 Å². The van der Waals surface area contributed by atoms with Crippen molar-refractivity contribution in [2.24, 2.45) is 10.8 Å². The van der Waals surface area contributed by atoms with Crippen molar-refractivity contribution in [3.05, 3.63) is 0 Å². The Hall–Kier alpha value is -0.820. The maximum atomic E-state index is 11.5. The fraction of sp³-hybridized carbons (Fsp3) is 0.900. The summed E-state index contributed by atoms with van der Waals surface area (Å²) in [5.41, 5.74) is 2.48. The lowest BCUT2D eigenvalue weighted by atomic mass is 10.2. The van der Waals surface area contributed by atoms with Gasteiger partial charge in [-0.25, -0.2) is 14.3 Å². The van der Waals surface area contributed by atoms with E-state index in [0.29, 0.717) is 24.7 Å². The number of sulfone groups is 1. The highest BCUT2D eigenvalue weighted by Crippen LogP contribution is 2.11. The molecule has 1 atom stereocenters. The summed E-state index contributed by atoms with van der Waals surface area (Å²) in [4.78, 5) is 4.25. The van der Waals surface area contributed by atoms with Gasteiger partial charge in [-0.1, -0.05) is 13.3 Å². The number of guanidine groups is 1. The second-order valence-corrected chi connectivity index (χ2v) is 6.55. The van der Waals surface area contributed by atoms with Crippen LogP contribution in [0, 0.1) is 0 Å². The number of rotatable bonds is 4. The maximum absolute atomic E-state index is 11.5. The molecule has 0 amide bonds. The Labute approximate surface area is 103 Å². The molecule has 1 aliphatic heterocycles. The van der Waals surface area contributed by atoms with Gasteiger partial charge in [0.05, 0.1) is 11.5 Å². The average molecular weight is 262 g/mol. The SMILES string of the molecule is CCCCN=C(NN)NC1CCCS(=O)(=O)C1. The molecule has 1 saturated heterocycles. The van der Waals surface area contributed by atoms with Crippen LogP contribution in [0.25, 0.3) is 0 Å². The van der Waals surface area contributed by atoms with Crippen LogP contribution in [0.3, 0.4) is 0 Å². The summed E-state index contributed by atoms with van der Waals surface area (Å²) in [6.45, 7) is 2.79. The van der Waals surface area contributed by atoms with Crippen molar-refractivity contribution in [3.63, 3.8) is 0 Å². The van der Waals surface area contributed by atoms with Gasteiger partial charge in [-0.05, 0) is 19.3 Å². The zero-order chi connectivity index (χ0) is 12.7. The molecule has 0 aromatic rings. The second-order valence-electron chi connectivity index (χ2n) is 4.33. The first-order valence-corrected chi connectivity index (χ1v) is 7.87. The van der Waals surface area contributed by atoms with Gasteiger partial charge in [0.1, 0.15) is 0 Å². The first-order valence-electron chi connectivity index (χ1n) is 6.05. The standard InChI is InChI=1S/C10H22N4O2S/c1-2-3-6-12-10(14-11)13-9-5-4-7-17(15,16)8-9/h9H,2-8,11H2,1H3,(H2,12,13,14). The van der Waals surface area contributed by atoms with Crippen LogP contribution in [-0.2, 0) is 9.84 Å². The van der Waals surface area contributed by atoms with E-state index in [1.165, 1.54) is 0 Å². The molecular formula is C10H22N4O2S. The molecule has 1 rings (SSSR count). The quantitative estimate of drug-likeness (QED) is 0.214. The molecule has 6 nitrogen and oxygen atoms in total. The normalized spacial score (nSPS) is 24.4. The van der Waals surface area contributed by atoms with Crippen LogP contribution in [0.1, 0.15) is 32.6 Å². The predicted octanol–water partition coefficient (Wildman–Crippen LogP) is -0.227. The van der Waals surface area contributed by atoms with E-state index in [2.05, 4.69) is 22.7 Å². The highest BCUT2D eigenvalue weighted by molar-refractivity contribution is 7.91. The van der Waals surface area contributed by atoms with Gasteiger partial charge in [0.15, 0.2) is 9.84 Å². The monoisotopic (exact) mass is 262 g/mol. The Kier molecular flexibility index (Phi) is 5.70. The molecule has 100 valence electrons. The average Bonchev–Trinajstić information content (AvgIpc) is 2.26. The molecule has 0 aliphatic carbocycles. The minimum Gasteiger partial charge on any atom is -0.352 e. The molecular weight excluding hydrogens is 240 g/mol. The zero-order valence-corrected chi connectivity index (χ0v) is 11.1. The number of nitrogens with zero attached hydrogens (tertiary/aromatic N) is 1. The number of hydrazine groups is 1. The van der Waals surface area contributed by atoms with Crippen molar-refractivity contribution >= 4 is 15.8 Å². The van der Waals surface area contributed by atoms with E-state index in [-0.39, 0.29) is 11.8 Å². The third kappa shape index (κ3) is 5.36. The lowest BCUT2D eigenvalue weighted by Crippen LogP contribution is -2.50. The fourth-order valence-electron chi connectivity index (χ4n) is 1.81. The van der Waals surface area contributed by atoms with Crippen LogP contribution in [0.15, 0.2) is 4.99 Å². The fourth-order valence-corrected chi connectivity index (χ4v) is 3.45. The summed E-state index contributed by atoms with van der Waals surface area (Å²) in [6.07, 6.45) is 3.61. The molecule has 4 N–H and O–H groups in total. The van der Waals surface area contributed by atoms with E-state index in [4.69, 9.17) is 5.84 Å². The molecule has 0 saturated carbocycles. The summed E-state index contributed by atoms with van der Waals surface area (Å²) in [5.74, 6) is 6.30. The number of aliphatic imine (C=N–C) groups is 1. The van der Waals surface area contributed by atoms with Crippen molar-refractivity contribution < 1.29 is 8.42 Å². The van der Waals surface area contributed by atoms with E-state index >= 15 is 0 Å². The van der Waals surface area contributed by atoms with Crippen molar-refractivity contribution in [2.45, 2.75) is 38.6 Å².